The number of aromatic nitrogens is 3. The Kier molecular flexibility index (Phi) is 2.59. The van der Waals surface area contributed by atoms with Crippen LogP contribution >= 0.6 is 0 Å². The van der Waals surface area contributed by atoms with E-state index in [9.17, 15) is 9.90 Å². The summed E-state index contributed by atoms with van der Waals surface area (Å²) in [5.41, 5.74) is 2.43. The molecule has 0 aromatic carbocycles. The van der Waals surface area contributed by atoms with Crippen molar-refractivity contribution in [2.24, 2.45) is 0 Å². The molecule has 0 atom stereocenters. The van der Waals surface area contributed by atoms with E-state index in [0.29, 0.717) is 22.6 Å². The van der Waals surface area contributed by atoms with E-state index in [-0.39, 0.29) is 11.6 Å². The lowest BCUT2D eigenvalue weighted by molar-refractivity contribution is -0.254. The number of pyridine rings is 1. The number of aryl methyl sites for hydroxylation is 1. The van der Waals surface area contributed by atoms with Gasteiger partial charge >= 0.3 is 0 Å². The van der Waals surface area contributed by atoms with Crippen LogP contribution in [0.1, 0.15) is 60.4 Å². The highest BCUT2D eigenvalue weighted by Crippen LogP contribution is 2.40. The van der Waals surface area contributed by atoms with Crippen molar-refractivity contribution in [3.05, 3.63) is 23.0 Å². The summed E-state index contributed by atoms with van der Waals surface area (Å²) < 4.78 is 1.79. The summed E-state index contributed by atoms with van der Waals surface area (Å²) in [7, 11) is 0. The Morgan fingerprint density at radius 1 is 1.47 bits per heavy atom. The second-order valence-electron chi connectivity index (χ2n) is 5.48. The molecule has 1 aliphatic rings. The lowest BCUT2D eigenvalue weighted by atomic mass is 10.1. The SMILES string of the molecule is Cc1nn(C(C)C)c2nc(C3CC3)cc(C(=O)[O-])c12. The number of carbonyl (C=O) groups is 1. The molecular formula is C14H16N3O2-. The van der Waals surface area contributed by atoms with E-state index in [1.54, 1.807) is 10.7 Å². The topological polar surface area (TPSA) is 70.8 Å². The Morgan fingerprint density at radius 3 is 2.68 bits per heavy atom. The van der Waals surface area contributed by atoms with E-state index in [0.717, 1.165) is 18.5 Å². The Bertz CT molecular complexity index is 669. The molecule has 0 amide bonds. The molecular weight excluding hydrogens is 242 g/mol. The Labute approximate surface area is 111 Å². The summed E-state index contributed by atoms with van der Waals surface area (Å²) in [5, 5.41) is 16.4. The molecule has 1 fully saturated rings. The van der Waals surface area contributed by atoms with Crippen LogP contribution in [0.5, 0.6) is 0 Å². The van der Waals surface area contributed by atoms with E-state index in [4.69, 9.17) is 0 Å². The maximum atomic E-state index is 11.4. The van der Waals surface area contributed by atoms with Crippen molar-refractivity contribution >= 4 is 17.0 Å². The first-order chi connectivity index (χ1) is 8.99. The van der Waals surface area contributed by atoms with Crippen LogP contribution < -0.4 is 5.11 Å². The van der Waals surface area contributed by atoms with Gasteiger partial charge in [0.1, 0.15) is 0 Å². The van der Waals surface area contributed by atoms with Gasteiger partial charge in [0.15, 0.2) is 5.65 Å². The number of hydrogen-bond donors (Lipinski definition) is 0. The van der Waals surface area contributed by atoms with Crippen LogP contribution in [0, 0.1) is 6.92 Å². The number of nitrogens with zero attached hydrogens (tertiary/aromatic N) is 3. The third kappa shape index (κ3) is 1.89. The van der Waals surface area contributed by atoms with Crippen LogP contribution in [-0.4, -0.2) is 20.7 Å². The first-order valence-electron chi connectivity index (χ1n) is 6.60. The number of hydrogen-bond acceptors (Lipinski definition) is 4. The first-order valence-corrected chi connectivity index (χ1v) is 6.60. The van der Waals surface area contributed by atoms with Gasteiger partial charge in [-0.2, -0.15) is 5.10 Å². The third-order valence-corrected chi connectivity index (χ3v) is 3.56. The summed E-state index contributed by atoms with van der Waals surface area (Å²) in [5.74, 6) is -0.751. The first kappa shape index (κ1) is 12.1. The van der Waals surface area contributed by atoms with Gasteiger partial charge in [0.2, 0.25) is 0 Å². The van der Waals surface area contributed by atoms with E-state index < -0.39 is 5.97 Å². The van der Waals surface area contributed by atoms with Gasteiger partial charge in [-0.3, -0.25) is 0 Å². The highest BCUT2D eigenvalue weighted by Gasteiger charge is 2.27. The standard InChI is InChI=1S/C14H17N3O2/c1-7(2)17-13-12(8(3)16-17)10(14(18)19)6-11(15-13)9-4-5-9/h6-7,9H,4-5H2,1-3H3,(H,18,19)/p-1. The van der Waals surface area contributed by atoms with Crippen LogP contribution in [0.2, 0.25) is 0 Å². The van der Waals surface area contributed by atoms with Gasteiger partial charge in [-0.25, -0.2) is 9.67 Å². The zero-order valence-electron chi connectivity index (χ0n) is 11.3. The van der Waals surface area contributed by atoms with Crippen LogP contribution in [0.15, 0.2) is 6.07 Å². The van der Waals surface area contributed by atoms with Gasteiger partial charge in [0.25, 0.3) is 0 Å². The number of fused-ring (bicyclic) bond motifs is 1. The number of carboxylic acid groups (broad SMARTS) is 1. The number of carbonyl (C=O) groups excluding carboxylic acids is 1. The third-order valence-electron chi connectivity index (χ3n) is 3.56. The zero-order chi connectivity index (χ0) is 13.7. The quantitative estimate of drug-likeness (QED) is 0.837. The van der Waals surface area contributed by atoms with Gasteiger partial charge in [-0.15, -0.1) is 0 Å². The molecule has 0 spiro atoms. The summed E-state index contributed by atoms with van der Waals surface area (Å²) in [6.07, 6.45) is 2.17. The van der Waals surface area contributed by atoms with Crippen molar-refractivity contribution in [1.82, 2.24) is 14.8 Å². The fourth-order valence-electron chi connectivity index (χ4n) is 2.44. The molecule has 3 rings (SSSR count). The molecule has 0 N–H and O–H groups in total. The number of carboxylic acids is 1. The van der Waals surface area contributed by atoms with Gasteiger partial charge in [-0.05, 0) is 39.7 Å². The maximum absolute atomic E-state index is 11.4. The summed E-state index contributed by atoms with van der Waals surface area (Å²) in [6.45, 7) is 5.83. The van der Waals surface area contributed by atoms with Crippen LogP contribution in [0.4, 0.5) is 0 Å². The molecule has 0 unspecified atom stereocenters. The average Bonchev–Trinajstić information content (AvgIpc) is 3.13. The largest absolute Gasteiger partial charge is 0.545 e. The Hall–Kier alpha value is -1.91. The lowest BCUT2D eigenvalue weighted by Gasteiger charge is -2.10. The van der Waals surface area contributed by atoms with Gasteiger partial charge in [-0.1, -0.05) is 0 Å². The molecule has 2 aromatic heterocycles. The Balaban J connectivity index is 2.35. The highest BCUT2D eigenvalue weighted by atomic mass is 16.4. The van der Waals surface area contributed by atoms with E-state index in [2.05, 4.69) is 10.1 Å². The minimum absolute atomic E-state index is 0.146. The molecule has 0 bridgehead atoms. The van der Waals surface area contributed by atoms with E-state index >= 15 is 0 Å². The molecule has 2 heterocycles. The van der Waals surface area contributed by atoms with Crippen molar-refractivity contribution in [2.75, 3.05) is 0 Å². The maximum Gasteiger partial charge on any atom is 0.159 e. The Morgan fingerprint density at radius 2 is 2.16 bits per heavy atom. The smallest absolute Gasteiger partial charge is 0.159 e. The van der Waals surface area contributed by atoms with Crippen LogP contribution in [0.25, 0.3) is 11.0 Å². The van der Waals surface area contributed by atoms with E-state index in [1.807, 2.05) is 20.8 Å². The number of aromatic carboxylic acids is 1. The minimum Gasteiger partial charge on any atom is -0.545 e. The molecule has 100 valence electrons. The highest BCUT2D eigenvalue weighted by molar-refractivity contribution is 6.02. The fourth-order valence-corrected chi connectivity index (χ4v) is 2.44. The zero-order valence-corrected chi connectivity index (χ0v) is 11.3. The predicted octanol–water partition coefficient (Wildman–Crippen LogP) is 1.56. The molecule has 0 radical (unpaired) electrons. The van der Waals surface area contributed by atoms with Crippen LogP contribution in [0.3, 0.4) is 0 Å². The van der Waals surface area contributed by atoms with Crippen LogP contribution in [-0.2, 0) is 0 Å². The predicted molar refractivity (Wildman–Crippen MR) is 69.0 cm³/mol. The summed E-state index contributed by atoms with van der Waals surface area (Å²) >= 11 is 0. The molecule has 2 aromatic rings. The normalized spacial score (nSPS) is 15.4. The van der Waals surface area contributed by atoms with Gasteiger partial charge < -0.3 is 9.90 Å². The van der Waals surface area contributed by atoms with Crippen molar-refractivity contribution < 1.29 is 9.90 Å². The second kappa shape index (κ2) is 4.05. The average molecular weight is 258 g/mol. The van der Waals surface area contributed by atoms with Crippen molar-refractivity contribution in [3.63, 3.8) is 0 Å². The molecule has 1 saturated carbocycles. The summed E-state index contributed by atoms with van der Waals surface area (Å²) in [6, 6.07) is 1.81. The molecule has 5 heteroatoms. The molecule has 0 saturated heterocycles. The molecule has 19 heavy (non-hydrogen) atoms. The molecule has 0 aliphatic heterocycles. The van der Waals surface area contributed by atoms with Gasteiger partial charge in [0.05, 0.1) is 17.0 Å². The molecule has 5 nitrogen and oxygen atoms in total. The monoisotopic (exact) mass is 258 g/mol. The minimum atomic E-state index is -1.15. The fraction of sp³-hybridized carbons (Fsp3) is 0.500. The number of rotatable bonds is 3. The van der Waals surface area contributed by atoms with Crippen molar-refractivity contribution in [3.8, 4) is 0 Å². The second-order valence-corrected chi connectivity index (χ2v) is 5.48. The van der Waals surface area contributed by atoms with Gasteiger partial charge in [0, 0.05) is 23.2 Å². The van der Waals surface area contributed by atoms with Crippen molar-refractivity contribution in [2.45, 2.75) is 45.6 Å². The summed E-state index contributed by atoms with van der Waals surface area (Å²) in [4.78, 5) is 16.0. The molecule has 1 aliphatic carbocycles. The lowest BCUT2D eigenvalue weighted by Crippen LogP contribution is -2.23. The van der Waals surface area contributed by atoms with Crippen molar-refractivity contribution in [1.29, 1.82) is 0 Å². The van der Waals surface area contributed by atoms with E-state index in [1.165, 1.54) is 0 Å².